The first-order chi connectivity index (χ1) is 10.2. The maximum Gasteiger partial charge on any atom is 0.191 e. The van der Waals surface area contributed by atoms with E-state index >= 15 is 0 Å². The maximum absolute atomic E-state index is 6.09. The third-order valence-electron chi connectivity index (χ3n) is 4.03. The van der Waals surface area contributed by atoms with Crippen molar-refractivity contribution in [2.75, 3.05) is 19.7 Å². The minimum absolute atomic E-state index is 0.646. The maximum atomic E-state index is 6.09. The van der Waals surface area contributed by atoms with Crippen molar-refractivity contribution >= 4 is 5.96 Å². The fraction of sp³-hybridized carbons (Fsp3) is 0.588. The average Bonchev–Trinajstić information content (AvgIpc) is 2.52. The number of hydrogen-bond acceptors (Lipinski definition) is 2. The van der Waals surface area contributed by atoms with Gasteiger partial charge in [-0.15, -0.1) is 0 Å². The Balaban J connectivity index is 1.84. The lowest BCUT2D eigenvalue weighted by Gasteiger charge is -2.31. The van der Waals surface area contributed by atoms with Crippen LogP contribution in [-0.4, -0.2) is 30.6 Å². The standard InChI is InChI=1S/C17H27N3O/c1-3-21-13-16-6-4-15(5-7-16)12-19-17(18)20-10-8-14(2)9-11-20/h4-7,14H,3,8-13H2,1-2H3,(H2,18,19). The van der Waals surface area contributed by atoms with Crippen LogP contribution in [0.15, 0.2) is 29.3 Å². The average molecular weight is 289 g/mol. The summed E-state index contributed by atoms with van der Waals surface area (Å²) < 4.78 is 5.39. The van der Waals surface area contributed by atoms with Crippen molar-refractivity contribution in [2.24, 2.45) is 16.6 Å². The Morgan fingerprint density at radius 1 is 1.24 bits per heavy atom. The molecule has 0 amide bonds. The van der Waals surface area contributed by atoms with Crippen LogP contribution in [0.3, 0.4) is 0 Å². The monoisotopic (exact) mass is 289 g/mol. The van der Waals surface area contributed by atoms with Gasteiger partial charge < -0.3 is 15.4 Å². The molecule has 1 aliphatic rings. The molecule has 0 saturated carbocycles. The van der Waals surface area contributed by atoms with Gasteiger partial charge in [-0.25, -0.2) is 4.99 Å². The molecule has 0 radical (unpaired) electrons. The minimum atomic E-state index is 0.646. The highest BCUT2D eigenvalue weighted by Crippen LogP contribution is 2.15. The van der Waals surface area contributed by atoms with Crippen molar-refractivity contribution in [3.05, 3.63) is 35.4 Å². The van der Waals surface area contributed by atoms with Gasteiger partial charge in [0.15, 0.2) is 5.96 Å². The fourth-order valence-corrected chi connectivity index (χ4v) is 2.47. The highest BCUT2D eigenvalue weighted by Gasteiger charge is 2.16. The quantitative estimate of drug-likeness (QED) is 0.670. The number of rotatable bonds is 5. The zero-order valence-electron chi connectivity index (χ0n) is 13.2. The third kappa shape index (κ3) is 5.05. The van der Waals surface area contributed by atoms with Gasteiger partial charge in [0.1, 0.15) is 0 Å². The van der Waals surface area contributed by atoms with E-state index in [1.807, 2.05) is 6.92 Å². The van der Waals surface area contributed by atoms with E-state index in [9.17, 15) is 0 Å². The summed E-state index contributed by atoms with van der Waals surface area (Å²) in [6.07, 6.45) is 2.42. The molecule has 2 rings (SSSR count). The van der Waals surface area contributed by atoms with Gasteiger partial charge in [0.2, 0.25) is 0 Å². The molecule has 116 valence electrons. The van der Waals surface area contributed by atoms with Gasteiger partial charge in [-0.2, -0.15) is 0 Å². The molecule has 4 nitrogen and oxygen atoms in total. The van der Waals surface area contributed by atoms with Gasteiger partial charge in [-0.05, 0) is 36.8 Å². The van der Waals surface area contributed by atoms with Crippen molar-refractivity contribution < 1.29 is 4.74 Å². The number of hydrogen-bond donors (Lipinski definition) is 1. The van der Waals surface area contributed by atoms with Crippen LogP contribution < -0.4 is 5.73 Å². The smallest absolute Gasteiger partial charge is 0.191 e. The SMILES string of the molecule is CCOCc1ccc(CN=C(N)N2CCC(C)CC2)cc1. The minimum Gasteiger partial charge on any atom is -0.377 e. The number of aliphatic imine (C=N–C) groups is 1. The Kier molecular flexibility index (Phi) is 6.05. The second kappa shape index (κ2) is 8.03. The van der Waals surface area contributed by atoms with E-state index in [0.29, 0.717) is 19.1 Å². The first-order valence-electron chi connectivity index (χ1n) is 7.89. The van der Waals surface area contributed by atoms with Crippen LogP contribution in [0.1, 0.15) is 37.8 Å². The first-order valence-corrected chi connectivity index (χ1v) is 7.89. The van der Waals surface area contributed by atoms with Gasteiger partial charge in [0.25, 0.3) is 0 Å². The van der Waals surface area contributed by atoms with Crippen LogP contribution in [0.4, 0.5) is 0 Å². The first kappa shape index (κ1) is 15.8. The summed E-state index contributed by atoms with van der Waals surface area (Å²) in [5.74, 6) is 1.49. The second-order valence-corrected chi connectivity index (χ2v) is 5.80. The van der Waals surface area contributed by atoms with Crippen LogP contribution in [0, 0.1) is 5.92 Å². The predicted molar refractivity (Wildman–Crippen MR) is 87.1 cm³/mol. The van der Waals surface area contributed by atoms with Crippen molar-refractivity contribution in [3.63, 3.8) is 0 Å². The number of ether oxygens (including phenoxy) is 1. The summed E-state index contributed by atoms with van der Waals surface area (Å²) in [6, 6.07) is 8.39. The van der Waals surface area contributed by atoms with Crippen molar-refractivity contribution in [2.45, 2.75) is 39.8 Å². The molecule has 0 unspecified atom stereocenters. The van der Waals surface area contributed by atoms with E-state index in [2.05, 4.69) is 41.1 Å². The van der Waals surface area contributed by atoms with Crippen molar-refractivity contribution in [1.82, 2.24) is 4.90 Å². The normalized spacial score (nSPS) is 17.2. The fourth-order valence-electron chi connectivity index (χ4n) is 2.47. The zero-order chi connectivity index (χ0) is 15.1. The number of likely N-dealkylation sites (tertiary alicyclic amines) is 1. The zero-order valence-corrected chi connectivity index (χ0v) is 13.2. The predicted octanol–water partition coefficient (Wildman–Crippen LogP) is 2.77. The van der Waals surface area contributed by atoms with Gasteiger partial charge in [-0.3, -0.25) is 0 Å². The van der Waals surface area contributed by atoms with Crippen LogP contribution in [0.2, 0.25) is 0 Å². The van der Waals surface area contributed by atoms with Gasteiger partial charge in [0, 0.05) is 19.7 Å². The summed E-state index contributed by atoms with van der Waals surface area (Å²) in [5, 5.41) is 0. The molecule has 0 aliphatic carbocycles. The molecule has 0 atom stereocenters. The summed E-state index contributed by atoms with van der Waals surface area (Å²) in [4.78, 5) is 6.72. The largest absolute Gasteiger partial charge is 0.377 e. The lowest BCUT2D eigenvalue weighted by Crippen LogP contribution is -2.42. The molecule has 4 heteroatoms. The molecule has 1 aromatic rings. The molecule has 0 spiro atoms. The molecule has 0 bridgehead atoms. The Labute approximate surface area is 128 Å². The molecule has 21 heavy (non-hydrogen) atoms. The molecule has 0 aromatic heterocycles. The topological polar surface area (TPSA) is 50.9 Å². The van der Waals surface area contributed by atoms with Crippen molar-refractivity contribution in [3.8, 4) is 0 Å². The van der Waals surface area contributed by atoms with Crippen molar-refractivity contribution in [1.29, 1.82) is 0 Å². The summed E-state index contributed by atoms with van der Waals surface area (Å²) in [7, 11) is 0. The summed E-state index contributed by atoms with van der Waals surface area (Å²) >= 11 is 0. The van der Waals surface area contributed by atoms with Gasteiger partial charge in [0.05, 0.1) is 13.2 Å². The van der Waals surface area contributed by atoms with E-state index in [1.54, 1.807) is 0 Å². The lowest BCUT2D eigenvalue weighted by atomic mass is 10.00. The van der Waals surface area contributed by atoms with Gasteiger partial charge in [-0.1, -0.05) is 31.2 Å². The molecule has 2 N–H and O–H groups in total. The van der Waals surface area contributed by atoms with Gasteiger partial charge >= 0.3 is 0 Å². The molecule has 1 aromatic carbocycles. The Morgan fingerprint density at radius 2 is 1.86 bits per heavy atom. The molecular weight excluding hydrogens is 262 g/mol. The molecule has 1 fully saturated rings. The summed E-state index contributed by atoms with van der Waals surface area (Å²) in [5.41, 5.74) is 8.47. The van der Waals surface area contributed by atoms with E-state index in [4.69, 9.17) is 10.5 Å². The summed E-state index contributed by atoms with van der Waals surface area (Å²) in [6.45, 7) is 8.44. The Hall–Kier alpha value is -1.55. The highest BCUT2D eigenvalue weighted by atomic mass is 16.5. The van der Waals surface area contributed by atoms with E-state index in [1.165, 1.54) is 24.0 Å². The number of piperidine rings is 1. The lowest BCUT2D eigenvalue weighted by molar-refractivity contribution is 0.134. The second-order valence-electron chi connectivity index (χ2n) is 5.80. The molecule has 1 aliphatic heterocycles. The molecular formula is C17H27N3O. The molecule has 1 saturated heterocycles. The van der Waals surface area contributed by atoms with E-state index in [-0.39, 0.29) is 0 Å². The number of benzene rings is 1. The Morgan fingerprint density at radius 3 is 2.48 bits per heavy atom. The van der Waals surface area contributed by atoms with Crippen LogP contribution in [0.5, 0.6) is 0 Å². The number of guanidine groups is 1. The van der Waals surface area contributed by atoms with E-state index in [0.717, 1.165) is 25.6 Å². The highest BCUT2D eigenvalue weighted by molar-refractivity contribution is 5.78. The Bertz CT molecular complexity index is 448. The number of nitrogens with two attached hydrogens (primary N) is 1. The van der Waals surface area contributed by atoms with Crippen LogP contribution in [0.25, 0.3) is 0 Å². The van der Waals surface area contributed by atoms with Crippen LogP contribution in [-0.2, 0) is 17.9 Å². The van der Waals surface area contributed by atoms with E-state index < -0.39 is 0 Å². The molecule has 1 heterocycles. The van der Waals surface area contributed by atoms with Crippen LogP contribution >= 0.6 is 0 Å². The number of nitrogens with zero attached hydrogens (tertiary/aromatic N) is 2. The third-order valence-corrected chi connectivity index (χ3v) is 4.03.